The average molecular weight is 418 g/mol. The summed E-state index contributed by atoms with van der Waals surface area (Å²) < 4.78 is 18.2. The van der Waals surface area contributed by atoms with Crippen LogP contribution in [0.5, 0.6) is 0 Å². The molecule has 0 radical (unpaired) electrons. The number of benzene rings is 1. The minimum Gasteiger partial charge on any atom is -0.449 e. The Morgan fingerprint density at radius 2 is 1.90 bits per heavy atom. The number of rotatable bonds is 6. The van der Waals surface area contributed by atoms with Crippen LogP contribution in [0.4, 0.5) is 0 Å². The number of aryl methyl sites for hydroxylation is 2. The van der Waals surface area contributed by atoms with Gasteiger partial charge in [0.05, 0.1) is 0 Å². The molecular formula is C23H22N4O4. The first kappa shape index (κ1) is 20.3. The summed E-state index contributed by atoms with van der Waals surface area (Å²) in [5.41, 5.74) is 3.60. The summed E-state index contributed by atoms with van der Waals surface area (Å²) in [6.07, 6.45) is 2.42. The molecule has 8 heteroatoms. The van der Waals surface area contributed by atoms with Crippen LogP contribution in [-0.4, -0.2) is 25.9 Å². The summed E-state index contributed by atoms with van der Waals surface area (Å²) in [5, 5.41) is 12.1. The molecule has 1 aromatic carbocycles. The fourth-order valence-electron chi connectivity index (χ4n) is 3.29. The van der Waals surface area contributed by atoms with Crippen LogP contribution in [0.2, 0.25) is 0 Å². The third-order valence-corrected chi connectivity index (χ3v) is 4.82. The number of carbonyl (C=O) groups excluding carboxylic acids is 1. The van der Waals surface area contributed by atoms with E-state index in [1.807, 2.05) is 67.8 Å². The van der Waals surface area contributed by atoms with Gasteiger partial charge in [-0.25, -0.2) is 4.79 Å². The third kappa shape index (κ3) is 4.32. The summed E-state index contributed by atoms with van der Waals surface area (Å²) in [7, 11) is 0. The maximum atomic E-state index is 12.3. The van der Waals surface area contributed by atoms with Gasteiger partial charge < -0.3 is 13.7 Å². The van der Waals surface area contributed by atoms with Crippen molar-refractivity contribution in [2.75, 3.05) is 0 Å². The first-order valence-corrected chi connectivity index (χ1v) is 9.82. The normalized spacial score (nSPS) is 12.4. The van der Waals surface area contributed by atoms with Crippen LogP contribution in [0.1, 0.15) is 41.6 Å². The highest BCUT2D eigenvalue weighted by atomic mass is 16.6. The number of ether oxygens (including phenoxy) is 1. The second kappa shape index (κ2) is 8.43. The van der Waals surface area contributed by atoms with Crippen molar-refractivity contribution in [3.8, 4) is 17.3 Å². The highest BCUT2D eigenvalue weighted by Crippen LogP contribution is 2.24. The second-order valence-electron chi connectivity index (χ2n) is 7.18. The number of nitrogens with zero attached hydrogens (tertiary/aromatic N) is 4. The van der Waals surface area contributed by atoms with Crippen LogP contribution in [0, 0.1) is 20.8 Å². The van der Waals surface area contributed by atoms with E-state index in [9.17, 15) is 4.79 Å². The minimum atomic E-state index is -0.673. The van der Waals surface area contributed by atoms with E-state index < -0.39 is 12.1 Å². The number of aromatic nitrogens is 4. The molecule has 1 unspecified atom stereocenters. The summed E-state index contributed by atoms with van der Waals surface area (Å²) in [4.78, 5) is 12.3. The SMILES string of the molecule is Cc1cc(-n2c(C)cc(/C=C/C(=O)OC(C)c3nnc(-c4ccccc4)o3)c2C)no1. The largest absolute Gasteiger partial charge is 0.449 e. The summed E-state index contributed by atoms with van der Waals surface area (Å²) in [6.45, 7) is 7.45. The van der Waals surface area contributed by atoms with Crippen LogP contribution in [0.25, 0.3) is 23.3 Å². The van der Waals surface area contributed by atoms with Crippen LogP contribution >= 0.6 is 0 Å². The van der Waals surface area contributed by atoms with Crippen molar-refractivity contribution >= 4 is 12.0 Å². The van der Waals surface area contributed by atoms with E-state index in [0.717, 1.165) is 28.3 Å². The molecule has 31 heavy (non-hydrogen) atoms. The average Bonchev–Trinajstić information content (AvgIpc) is 3.47. The lowest BCUT2D eigenvalue weighted by atomic mass is 10.2. The molecule has 0 amide bonds. The van der Waals surface area contributed by atoms with Gasteiger partial charge in [-0.15, -0.1) is 10.2 Å². The lowest BCUT2D eigenvalue weighted by Crippen LogP contribution is -2.06. The van der Waals surface area contributed by atoms with Gasteiger partial charge in [-0.1, -0.05) is 23.4 Å². The van der Waals surface area contributed by atoms with E-state index in [4.69, 9.17) is 13.7 Å². The lowest BCUT2D eigenvalue weighted by Gasteiger charge is -2.07. The van der Waals surface area contributed by atoms with Gasteiger partial charge in [0, 0.05) is 29.1 Å². The minimum absolute atomic E-state index is 0.236. The molecule has 1 atom stereocenters. The molecule has 158 valence electrons. The first-order valence-electron chi connectivity index (χ1n) is 9.82. The Bertz CT molecular complexity index is 1230. The number of hydrogen-bond donors (Lipinski definition) is 0. The molecule has 0 saturated carbocycles. The topological polar surface area (TPSA) is 96.2 Å². The number of esters is 1. The molecule has 3 aromatic heterocycles. The molecular weight excluding hydrogens is 396 g/mol. The quantitative estimate of drug-likeness (QED) is 0.329. The maximum absolute atomic E-state index is 12.3. The third-order valence-electron chi connectivity index (χ3n) is 4.82. The van der Waals surface area contributed by atoms with Gasteiger partial charge in [-0.05, 0) is 57.5 Å². The number of carbonyl (C=O) groups is 1. The van der Waals surface area contributed by atoms with E-state index in [1.54, 1.807) is 13.0 Å². The molecule has 8 nitrogen and oxygen atoms in total. The smallest absolute Gasteiger partial charge is 0.331 e. The molecule has 0 aliphatic rings. The van der Waals surface area contributed by atoms with Crippen molar-refractivity contribution < 1.29 is 18.5 Å². The van der Waals surface area contributed by atoms with Crippen LogP contribution in [0.15, 0.2) is 57.5 Å². The fraction of sp³-hybridized carbons (Fsp3) is 0.217. The molecule has 0 spiro atoms. The van der Waals surface area contributed by atoms with E-state index >= 15 is 0 Å². The highest BCUT2D eigenvalue weighted by molar-refractivity contribution is 5.87. The van der Waals surface area contributed by atoms with Crippen molar-refractivity contribution in [1.29, 1.82) is 0 Å². The predicted molar refractivity (Wildman–Crippen MR) is 113 cm³/mol. The van der Waals surface area contributed by atoms with E-state index in [0.29, 0.717) is 11.7 Å². The first-order chi connectivity index (χ1) is 14.9. The van der Waals surface area contributed by atoms with Crippen LogP contribution < -0.4 is 0 Å². The molecule has 0 aliphatic carbocycles. The maximum Gasteiger partial charge on any atom is 0.331 e. The molecule has 0 fully saturated rings. The van der Waals surface area contributed by atoms with Crippen LogP contribution in [0.3, 0.4) is 0 Å². The Balaban J connectivity index is 1.44. The van der Waals surface area contributed by atoms with Crippen molar-refractivity contribution in [2.45, 2.75) is 33.8 Å². The van der Waals surface area contributed by atoms with Gasteiger partial charge in [0.25, 0.3) is 5.89 Å². The fourth-order valence-corrected chi connectivity index (χ4v) is 3.29. The van der Waals surface area contributed by atoms with Gasteiger partial charge in [-0.2, -0.15) is 0 Å². The summed E-state index contributed by atoms with van der Waals surface area (Å²) in [6, 6.07) is 13.2. The molecule has 4 aromatic rings. The van der Waals surface area contributed by atoms with E-state index in [1.165, 1.54) is 6.08 Å². The van der Waals surface area contributed by atoms with Gasteiger partial charge in [0.1, 0.15) is 5.76 Å². The molecule has 0 bridgehead atoms. The van der Waals surface area contributed by atoms with Crippen molar-refractivity contribution in [1.82, 2.24) is 19.9 Å². The zero-order valence-corrected chi connectivity index (χ0v) is 17.7. The Morgan fingerprint density at radius 1 is 1.13 bits per heavy atom. The van der Waals surface area contributed by atoms with Crippen molar-refractivity contribution in [2.24, 2.45) is 0 Å². The Morgan fingerprint density at radius 3 is 2.61 bits per heavy atom. The zero-order chi connectivity index (χ0) is 22.0. The molecule has 3 heterocycles. The van der Waals surface area contributed by atoms with Gasteiger partial charge in [-0.3, -0.25) is 4.57 Å². The van der Waals surface area contributed by atoms with Crippen molar-refractivity contribution in [3.63, 3.8) is 0 Å². The summed E-state index contributed by atoms with van der Waals surface area (Å²) >= 11 is 0. The molecule has 0 saturated heterocycles. The van der Waals surface area contributed by atoms with E-state index in [2.05, 4.69) is 15.4 Å². The zero-order valence-electron chi connectivity index (χ0n) is 17.7. The summed E-state index contributed by atoms with van der Waals surface area (Å²) in [5.74, 6) is 1.54. The second-order valence-corrected chi connectivity index (χ2v) is 7.18. The molecule has 4 rings (SSSR count). The Hall–Kier alpha value is -3.94. The Labute approximate surface area is 179 Å². The van der Waals surface area contributed by atoms with Gasteiger partial charge in [0.2, 0.25) is 5.89 Å². The Kier molecular flexibility index (Phi) is 5.53. The monoisotopic (exact) mass is 418 g/mol. The van der Waals surface area contributed by atoms with Crippen molar-refractivity contribution in [3.05, 3.63) is 77.1 Å². The van der Waals surface area contributed by atoms with Gasteiger partial charge >= 0.3 is 5.97 Å². The number of hydrogen-bond acceptors (Lipinski definition) is 7. The lowest BCUT2D eigenvalue weighted by molar-refractivity contribution is -0.143. The standard InChI is InChI=1S/C23H22N4O4/c1-14-12-19(16(3)27(14)20-13-15(2)31-26-20)10-11-21(28)29-17(4)22-24-25-23(30-22)18-8-6-5-7-9-18/h5-13,17H,1-4H3/b11-10+. The predicted octanol–water partition coefficient (Wildman–Crippen LogP) is 4.76. The van der Waals surface area contributed by atoms with Gasteiger partial charge in [0.15, 0.2) is 11.9 Å². The van der Waals surface area contributed by atoms with E-state index in [-0.39, 0.29) is 5.89 Å². The highest BCUT2D eigenvalue weighted by Gasteiger charge is 2.18. The van der Waals surface area contributed by atoms with Crippen LogP contribution in [-0.2, 0) is 9.53 Å². The molecule has 0 N–H and O–H groups in total. The molecule has 0 aliphatic heterocycles.